The molecule has 1 aliphatic rings. The molecule has 0 radical (unpaired) electrons. The maximum absolute atomic E-state index is 11.4. The molecule has 0 atom stereocenters. The van der Waals surface area contributed by atoms with Crippen molar-refractivity contribution in [3.05, 3.63) is 44.3 Å². The van der Waals surface area contributed by atoms with Crippen molar-refractivity contribution in [3.63, 3.8) is 0 Å². The Kier molecular flexibility index (Phi) is 4.12. The molecular weight excluding hydrogens is 282 g/mol. The lowest BCUT2D eigenvalue weighted by atomic mass is 10.1. The molecule has 10 heteroatoms. The minimum Gasteiger partial charge on any atom is -0.272 e. The molecule has 108 valence electrons. The summed E-state index contributed by atoms with van der Waals surface area (Å²) in [5.74, 6) is -0.984. The van der Waals surface area contributed by atoms with Crippen molar-refractivity contribution < 1.29 is 19.3 Å². The third-order valence-electron chi connectivity index (χ3n) is 2.77. The predicted molar refractivity (Wildman–Crippen MR) is 67.8 cm³/mol. The molecular formula is C11H9N5O5. The van der Waals surface area contributed by atoms with Crippen molar-refractivity contribution in [2.24, 2.45) is 5.11 Å². The van der Waals surface area contributed by atoms with Gasteiger partial charge in [0.2, 0.25) is 0 Å². The standard InChI is InChI=1S/C11H9N5O5/c12-14-13-8-1-2-9(16(19)20)7(5-8)6-21-15-10(17)3-4-11(15)18/h1-2,5H,3-4,6H2. The Balaban J connectivity index is 2.22. The minimum absolute atomic E-state index is 0.0552. The lowest BCUT2D eigenvalue weighted by Crippen LogP contribution is -2.29. The number of nitrogens with zero attached hydrogens (tertiary/aromatic N) is 5. The normalized spacial score (nSPS) is 14.2. The van der Waals surface area contributed by atoms with Crippen LogP contribution in [0.4, 0.5) is 11.4 Å². The predicted octanol–water partition coefficient (Wildman–Crippen LogP) is 2.12. The van der Waals surface area contributed by atoms with Crippen molar-refractivity contribution in [2.45, 2.75) is 19.4 Å². The van der Waals surface area contributed by atoms with Crippen molar-refractivity contribution >= 4 is 23.2 Å². The number of amides is 2. The molecule has 0 N–H and O–H groups in total. The van der Waals surface area contributed by atoms with E-state index in [1.165, 1.54) is 12.1 Å². The molecule has 1 aromatic rings. The van der Waals surface area contributed by atoms with E-state index in [2.05, 4.69) is 10.0 Å². The Morgan fingerprint density at radius 3 is 2.62 bits per heavy atom. The van der Waals surface area contributed by atoms with Crippen LogP contribution in [0.15, 0.2) is 23.3 Å². The van der Waals surface area contributed by atoms with Crippen LogP contribution in [0.3, 0.4) is 0 Å². The van der Waals surface area contributed by atoms with Gasteiger partial charge >= 0.3 is 0 Å². The first kappa shape index (κ1) is 14.4. The average molecular weight is 291 g/mol. The van der Waals surface area contributed by atoms with Crippen LogP contribution in [0.25, 0.3) is 10.4 Å². The van der Waals surface area contributed by atoms with Crippen molar-refractivity contribution in [1.82, 2.24) is 5.06 Å². The molecule has 10 nitrogen and oxygen atoms in total. The van der Waals surface area contributed by atoms with Crippen LogP contribution in [0, 0.1) is 10.1 Å². The maximum atomic E-state index is 11.4. The van der Waals surface area contributed by atoms with Gasteiger partial charge in [-0.2, -0.15) is 5.06 Å². The maximum Gasteiger partial charge on any atom is 0.275 e. The highest BCUT2D eigenvalue weighted by atomic mass is 16.7. The molecule has 2 amide bonds. The van der Waals surface area contributed by atoms with Gasteiger partial charge in [-0.05, 0) is 17.7 Å². The molecule has 0 bridgehead atoms. The number of imide groups is 1. The highest BCUT2D eigenvalue weighted by Crippen LogP contribution is 2.26. The van der Waals surface area contributed by atoms with E-state index >= 15 is 0 Å². The lowest BCUT2D eigenvalue weighted by Gasteiger charge is -2.13. The topological polar surface area (TPSA) is 139 Å². The zero-order chi connectivity index (χ0) is 15.4. The molecule has 0 saturated carbocycles. The number of benzene rings is 1. The molecule has 0 spiro atoms. The molecule has 21 heavy (non-hydrogen) atoms. The summed E-state index contributed by atoms with van der Waals surface area (Å²) in [6.07, 6.45) is 0.110. The average Bonchev–Trinajstić information content (AvgIpc) is 2.76. The Morgan fingerprint density at radius 2 is 2.05 bits per heavy atom. The van der Waals surface area contributed by atoms with E-state index in [0.29, 0.717) is 5.06 Å². The second-order valence-electron chi connectivity index (χ2n) is 4.11. The first-order valence-corrected chi connectivity index (χ1v) is 5.84. The van der Waals surface area contributed by atoms with Crippen molar-refractivity contribution in [2.75, 3.05) is 0 Å². The van der Waals surface area contributed by atoms with E-state index in [1.54, 1.807) is 0 Å². The second kappa shape index (κ2) is 5.99. The molecule has 1 saturated heterocycles. The highest BCUT2D eigenvalue weighted by molar-refractivity contribution is 6.00. The van der Waals surface area contributed by atoms with Gasteiger partial charge in [0.25, 0.3) is 17.5 Å². The highest BCUT2D eigenvalue weighted by Gasteiger charge is 2.30. The van der Waals surface area contributed by atoms with E-state index in [9.17, 15) is 19.7 Å². The fourth-order valence-electron chi connectivity index (χ4n) is 1.81. The van der Waals surface area contributed by atoms with Gasteiger partial charge in [0, 0.05) is 29.5 Å². The van der Waals surface area contributed by atoms with Gasteiger partial charge in [0.1, 0.15) is 6.61 Å². The van der Waals surface area contributed by atoms with Gasteiger partial charge in [-0.25, -0.2) is 0 Å². The third kappa shape index (κ3) is 3.14. The molecule has 1 fully saturated rings. The summed E-state index contributed by atoms with van der Waals surface area (Å²) in [4.78, 5) is 40.6. The molecule has 1 heterocycles. The Bertz CT molecular complexity index is 651. The zero-order valence-electron chi connectivity index (χ0n) is 10.6. The van der Waals surface area contributed by atoms with Gasteiger partial charge < -0.3 is 0 Å². The molecule has 2 rings (SSSR count). The van der Waals surface area contributed by atoms with Crippen LogP contribution >= 0.6 is 0 Å². The van der Waals surface area contributed by atoms with Crippen LogP contribution in [0.1, 0.15) is 18.4 Å². The number of azide groups is 1. The number of hydrogen-bond acceptors (Lipinski definition) is 6. The van der Waals surface area contributed by atoms with Crippen LogP contribution in [0.5, 0.6) is 0 Å². The van der Waals surface area contributed by atoms with E-state index in [4.69, 9.17) is 10.4 Å². The quantitative estimate of drug-likeness (QED) is 0.204. The molecule has 1 aromatic carbocycles. The second-order valence-corrected chi connectivity index (χ2v) is 4.11. The Morgan fingerprint density at radius 1 is 1.38 bits per heavy atom. The molecule has 1 aliphatic heterocycles. The fraction of sp³-hybridized carbons (Fsp3) is 0.273. The number of carbonyl (C=O) groups is 2. The zero-order valence-corrected chi connectivity index (χ0v) is 10.6. The van der Waals surface area contributed by atoms with Crippen molar-refractivity contribution in [1.29, 1.82) is 0 Å². The van der Waals surface area contributed by atoms with Crippen LogP contribution in [-0.2, 0) is 21.0 Å². The summed E-state index contributed by atoms with van der Waals surface area (Å²) in [6.45, 7) is -0.359. The van der Waals surface area contributed by atoms with E-state index in [0.717, 1.165) is 6.07 Å². The smallest absolute Gasteiger partial charge is 0.272 e. The first-order chi connectivity index (χ1) is 10.0. The number of hydroxylamine groups is 2. The van der Waals surface area contributed by atoms with Crippen LogP contribution in [0.2, 0.25) is 0 Å². The minimum atomic E-state index is -0.633. The summed E-state index contributed by atoms with van der Waals surface area (Å²) >= 11 is 0. The van der Waals surface area contributed by atoms with Gasteiger partial charge in [0.05, 0.1) is 10.5 Å². The van der Waals surface area contributed by atoms with Gasteiger partial charge in [-0.1, -0.05) is 5.11 Å². The number of carbonyl (C=O) groups excluding carboxylic acids is 2. The van der Waals surface area contributed by atoms with Crippen molar-refractivity contribution in [3.8, 4) is 0 Å². The molecule has 0 aromatic heterocycles. The van der Waals surface area contributed by atoms with E-state index < -0.39 is 16.7 Å². The van der Waals surface area contributed by atoms with Gasteiger partial charge in [0.15, 0.2) is 0 Å². The molecule has 0 aliphatic carbocycles. The number of nitro benzene ring substituents is 1. The van der Waals surface area contributed by atoms with Crippen LogP contribution < -0.4 is 0 Å². The Labute approximate surface area is 117 Å². The van der Waals surface area contributed by atoms with Gasteiger partial charge in [-0.3, -0.25) is 24.5 Å². The van der Waals surface area contributed by atoms with E-state index in [-0.39, 0.29) is 36.4 Å². The summed E-state index contributed by atoms with van der Waals surface area (Å²) in [5.41, 5.74) is 8.36. The number of hydrogen-bond donors (Lipinski definition) is 0. The first-order valence-electron chi connectivity index (χ1n) is 5.84. The van der Waals surface area contributed by atoms with Gasteiger partial charge in [-0.15, -0.1) is 0 Å². The lowest BCUT2D eigenvalue weighted by molar-refractivity contribution is -0.386. The summed E-state index contributed by atoms with van der Waals surface area (Å²) in [6, 6.07) is 3.72. The monoisotopic (exact) mass is 291 g/mol. The number of nitro groups is 1. The van der Waals surface area contributed by atoms with Crippen LogP contribution in [-0.4, -0.2) is 21.8 Å². The fourth-order valence-corrected chi connectivity index (χ4v) is 1.81. The SMILES string of the molecule is [N-]=[N+]=Nc1ccc([N+](=O)[O-])c(CON2C(=O)CCC2=O)c1. The third-order valence-corrected chi connectivity index (χ3v) is 2.77. The molecule has 0 unspecified atom stereocenters. The number of rotatable bonds is 5. The largest absolute Gasteiger partial charge is 0.275 e. The Hall–Kier alpha value is -2.97. The summed E-state index contributed by atoms with van der Waals surface area (Å²) in [7, 11) is 0. The van der Waals surface area contributed by atoms with E-state index in [1.807, 2.05) is 0 Å². The summed E-state index contributed by atoms with van der Waals surface area (Å²) < 4.78 is 0. The summed E-state index contributed by atoms with van der Waals surface area (Å²) in [5, 5.41) is 14.8.